The van der Waals surface area contributed by atoms with Crippen molar-refractivity contribution in [1.29, 1.82) is 0 Å². The zero-order chi connectivity index (χ0) is 8.27. The Kier molecular flexibility index (Phi) is 2.33. The largest absolute Gasteiger partial charge is 0.353 e. The first kappa shape index (κ1) is 7.88. The van der Waals surface area contributed by atoms with E-state index in [-0.39, 0.29) is 18.0 Å². The van der Waals surface area contributed by atoms with E-state index in [1.165, 1.54) is 0 Å². The maximum absolute atomic E-state index is 10.8. The van der Waals surface area contributed by atoms with Crippen LogP contribution in [0, 0.1) is 0 Å². The molecule has 0 bridgehead atoms. The highest BCUT2D eigenvalue weighted by atomic mass is 16.1. The van der Waals surface area contributed by atoms with Crippen LogP contribution in [0.1, 0.15) is 19.8 Å². The van der Waals surface area contributed by atoms with Gasteiger partial charge in [-0.05, 0) is 12.0 Å². The van der Waals surface area contributed by atoms with Crippen LogP contribution >= 0.6 is 0 Å². The highest BCUT2D eigenvalue weighted by molar-refractivity contribution is 5.76. The Morgan fingerprint density at radius 3 is 3.18 bits per heavy atom. The standard InChI is InChI=1S/C6H10N4O/c1-2-6(11)8-4-3-5(4)9-10-7/h4-5H,2-3H2,1H3,(H,8,11)/t4-,5?/m1/s1. The molecule has 5 nitrogen and oxygen atoms in total. The van der Waals surface area contributed by atoms with Gasteiger partial charge in [-0.1, -0.05) is 12.0 Å². The Balaban J connectivity index is 2.23. The van der Waals surface area contributed by atoms with Crippen molar-refractivity contribution in [3.63, 3.8) is 0 Å². The summed E-state index contributed by atoms with van der Waals surface area (Å²) in [5, 5.41) is 6.21. The van der Waals surface area contributed by atoms with E-state index in [1.807, 2.05) is 0 Å². The summed E-state index contributed by atoms with van der Waals surface area (Å²) in [5.41, 5.74) is 8.03. The molecule has 0 aromatic heterocycles. The minimum Gasteiger partial charge on any atom is -0.353 e. The monoisotopic (exact) mass is 154 g/mol. The molecular weight excluding hydrogens is 144 g/mol. The van der Waals surface area contributed by atoms with Crippen LogP contribution in [0.4, 0.5) is 0 Å². The second-order valence-corrected chi connectivity index (χ2v) is 2.54. The number of hydrogen-bond donors (Lipinski definition) is 1. The van der Waals surface area contributed by atoms with E-state index in [9.17, 15) is 4.79 Å². The average molecular weight is 154 g/mol. The van der Waals surface area contributed by atoms with E-state index in [4.69, 9.17) is 5.53 Å². The van der Waals surface area contributed by atoms with Crippen LogP contribution in [-0.4, -0.2) is 18.0 Å². The van der Waals surface area contributed by atoms with E-state index in [2.05, 4.69) is 15.3 Å². The van der Waals surface area contributed by atoms with Gasteiger partial charge in [-0.15, -0.1) is 0 Å². The third-order valence-electron chi connectivity index (χ3n) is 1.62. The highest BCUT2D eigenvalue weighted by Gasteiger charge is 2.36. The Bertz CT molecular complexity index is 209. The van der Waals surface area contributed by atoms with E-state index in [0.717, 1.165) is 6.42 Å². The first-order chi connectivity index (χ1) is 5.27. The minimum absolute atomic E-state index is 0.00417. The molecule has 1 aliphatic rings. The smallest absolute Gasteiger partial charge is 0.219 e. The first-order valence-electron chi connectivity index (χ1n) is 3.61. The highest BCUT2D eigenvalue weighted by Crippen LogP contribution is 2.25. The Morgan fingerprint density at radius 1 is 1.91 bits per heavy atom. The molecule has 1 amide bonds. The second kappa shape index (κ2) is 3.25. The molecule has 2 atom stereocenters. The Labute approximate surface area is 64.4 Å². The fourth-order valence-electron chi connectivity index (χ4n) is 0.840. The maximum Gasteiger partial charge on any atom is 0.219 e. The van der Waals surface area contributed by atoms with Gasteiger partial charge in [-0.25, -0.2) is 0 Å². The van der Waals surface area contributed by atoms with Gasteiger partial charge < -0.3 is 5.32 Å². The summed E-state index contributed by atoms with van der Waals surface area (Å²) in [6.07, 6.45) is 1.27. The Hall–Kier alpha value is -1.22. The molecule has 1 saturated carbocycles. The van der Waals surface area contributed by atoms with Crippen LogP contribution in [-0.2, 0) is 4.79 Å². The molecule has 0 saturated heterocycles. The van der Waals surface area contributed by atoms with Gasteiger partial charge >= 0.3 is 0 Å². The number of carbonyl (C=O) groups excluding carboxylic acids is 1. The van der Waals surface area contributed by atoms with Crippen molar-refractivity contribution in [2.45, 2.75) is 31.8 Å². The number of nitrogens with one attached hydrogen (secondary N) is 1. The van der Waals surface area contributed by atoms with Crippen molar-refractivity contribution < 1.29 is 4.79 Å². The van der Waals surface area contributed by atoms with Crippen LogP contribution in [0.3, 0.4) is 0 Å². The normalized spacial score (nSPS) is 27.0. The second-order valence-electron chi connectivity index (χ2n) is 2.54. The fourth-order valence-corrected chi connectivity index (χ4v) is 0.840. The predicted molar refractivity (Wildman–Crippen MR) is 39.8 cm³/mol. The quantitative estimate of drug-likeness (QED) is 0.367. The molecular formula is C6H10N4O. The third kappa shape index (κ3) is 2.13. The van der Waals surface area contributed by atoms with Crippen molar-refractivity contribution >= 4 is 5.91 Å². The molecule has 1 fully saturated rings. The van der Waals surface area contributed by atoms with E-state index in [0.29, 0.717) is 6.42 Å². The summed E-state index contributed by atoms with van der Waals surface area (Å²) >= 11 is 0. The molecule has 60 valence electrons. The van der Waals surface area contributed by atoms with Gasteiger partial charge in [0.15, 0.2) is 0 Å². The first-order valence-corrected chi connectivity index (χ1v) is 3.61. The van der Waals surface area contributed by atoms with Gasteiger partial charge in [0.2, 0.25) is 5.91 Å². The van der Waals surface area contributed by atoms with Gasteiger partial charge in [0.1, 0.15) is 0 Å². The molecule has 1 aliphatic carbocycles. The summed E-state index contributed by atoms with van der Waals surface area (Å²) in [7, 11) is 0. The lowest BCUT2D eigenvalue weighted by molar-refractivity contribution is -0.120. The van der Waals surface area contributed by atoms with Gasteiger partial charge in [-0.2, -0.15) is 0 Å². The summed E-state index contributed by atoms with van der Waals surface area (Å²) < 4.78 is 0. The summed E-state index contributed by atoms with van der Waals surface area (Å²) in [5.74, 6) is 0.0191. The molecule has 0 heterocycles. The summed E-state index contributed by atoms with van der Waals surface area (Å²) in [4.78, 5) is 13.4. The molecule has 1 rings (SSSR count). The third-order valence-corrected chi connectivity index (χ3v) is 1.62. The molecule has 0 spiro atoms. The van der Waals surface area contributed by atoms with Crippen LogP contribution in [0.5, 0.6) is 0 Å². The number of nitrogens with zero attached hydrogens (tertiary/aromatic N) is 3. The Morgan fingerprint density at radius 2 is 2.64 bits per heavy atom. The van der Waals surface area contributed by atoms with Gasteiger partial charge in [0.05, 0.1) is 6.04 Å². The minimum atomic E-state index is -0.00417. The van der Waals surface area contributed by atoms with Crippen molar-refractivity contribution in [2.24, 2.45) is 5.11 Å². The average Bonchev–Trinajstić information content (AvgIpc) is 2.69. The molecule has 0 aliphatic heterocycles. The fraction of sp³-hybridized carbons (Fsp3) is 0.833. The zero-order valence-electron chi connectivity index (χ0n) is 6.32. The topological polar surface area (TPSA) is 77.9 Å². The molecule has 0 aromatic rings. The van der Waals surface area contributed by atoms with Gasteiger partial charge in [-0.3, -0.25) is 4.79 Å². The number of rotatable bonds is 3. The number of hydrogen-bond acceptors (Lipinski definition) is 2. The van der Waals surface area contributed by atoms with Crippen molar-refractivity contribution in [1.82, 2.24) is 5.32 Å². The molecule has 11 heavy (non-hydrogen) atoms. The van der Waals surface area contributed by atoms with Crippen LogP contribution in [0.2, 0.25) is 0 Å². The summed E-state index contributed by atoms with van der Waals surface area (Å²) in [6, 6.07) is 0.0915. The van der Waals surface area contributed by atoms with Crippen molar-refractivity contribution in [3.8, 4) is 0 Å². The lowest BCUT2D eigenvalue weighted by Gasteiger charge is -1.98. The molecule has 5 heteroatoms. The molecule has 1 unspecified atom stereocenters. The van der Waals surface area contributed by atoms with Crippen molar-refractivity contribution in [3.05, 3.63) is 10.4 Å². The lowest BCUT2D eigenvalue weighted by atomic mass is 10.4. The van der Waals surface area contributed by atoms with E-state index in [1.54, 1.807) is 6.92 Å². The van der Waals surface area contributed by atoms with Crippen LogP contribution in [0.15, 0.2) is 5.11 Å². The zero-order valence-corrected chi connectivity index (χ0v) is 6.32. The number of amides is 1. The van der Waals surface area contributed by atoms with Gasteiger partial charge in [0.25, 0.3) is 0 Å². The van der Waals surface area contributed by atoms with Gasteiger partial charge in [0, 0.05) is 17.4 Å². The van der Waals surface area contributed by atoms with Crippen molar-refractivity contribution in [2.75, 3.05) is 0 Å². The van der Waals surface area contributed by atoms with Crippen LogP contribution in [0.25, 0.3) is 10.4 Å². The maximum atomic E-state index is 10.8. The summed E-state index contributed by atoms with van der Waals surface area (Å²) in [6.45, 7) is 1.79. The molecule has 1 N–H and O–H groups in total. The van der Waals surface area contributed by atoms with E-state index < -0.39 is 0 Å². The van der Waals surface area contributed by atoms with Crippen LogP contribution < -0.4 is 5.32 Å². The SMILES string of the molecule is CCC(=O)N[C@@H]1CC1N=[N+]=[N-]. The number of azide groups is 1. The molecule has 0 radical (unpaired) electrons. The number of carbonyl (C=O) groups is 1. The predicted octanol–water partition coefficient (Wildman–Crippen LogP) is 0.964. The lowest BCUT2D eigenvalue weighted by Crippen LogP contribution is -2.26. The van der Waals surface area contributed by atoms with E-state index >= 15 is 0 Å². The molecule has 0 aromatic carbocycles.